The van der Waals surface area contributed by atoms with E-state index in [9.17, 15) is 9.90 Å². The predicted molar refractivity (Wildman–Crippen MR) is 80.4 cm³/mol. The molecule has 0 amide bonds. The molecule has 2 atom stereocenters. The van der Waals surface area contributed by atoms with Crippen LogP contribution in [0.2, 0.25) is 0 Å². The van der Waals surface area contributed by atoms with E-state index in [1.54, 1.807) is 6.20 Å². The van der Waals surface area contributed by atoms with Gasteiger partial charge in [-0.15, -0.1) is 0 Å². The third kappa shape index (κ3) is 2.98. The van der Waals surface area contributed by atoms with Gasteiger partial charge in [-0.25, -0.2) is 4.98 Å². The lowest BCUT2D eigenvalue weighted by Crippen LogP contribution is -2.36. The number of piperidine rings is 1. The average molecular weight is 291 g/mol. The summed E-state index contributed by atoms with van der Waals surface area (Å²) < 4.78 is 2.17. The monoisotopic (exact) mass is 291 g/mol. The van der Waals surface area contributed by atoms with Gasteiger partial charge in [0, 0.05) is 25.7 Å². The molecule has 0 aromatic carbocycles. The Bertz CT molecular complexity index is 512. The molecule has 116 valence electrons. The molecule has 0 spiro atoms. The molecule has 5 nitrogen and oxygen atoms in total. The first kappa shape index (κ1) is 14.6. The van der Waals surface area contributed by atoms with Gasteiger partial charge in [-0.1, -0.05) is 6.92 Å². The van der Waals surface area contributed by atoms with Crippen LogP contribution in [0, 0.1) is 5.92 Å². The highest BCUT2D eigenvalue weighted by atomic mass is 16.4. The number of carbonyl (C=O) groups is 1. The molecule has 1 aromatic rings. The fourth-order valence-electron chi connectivity index (χ4n) is 3.84. The quantitative estimate of drug-likeness (QED) is 0.923. The molecule has 2 unspecified atom stereocenters. The van der Waals surface area contributed by atoms with Crippen molar-refractivity contribution >= 4 is 5.97 Å². The number of carboxylic acids is 1. The van der Waals surface area contributed by atoms with Crippen LogP contribution in [0.5, 0.6) is 0 Å². The second-order valence-electron chi connectivity index (χ2n) is 6.39. The van der Waals surface area contributed by atoms with E-state index in [0.29, 0.717) is 5.92 Å². The van der Waals surface area contributed by atoms with Crippen LogP contribution in [-0.4, -0.2) is 45.2 Å². The van der Waals surface area contributed by atoms with Crippen LogP contribution in [0.25, 0.3) is 0 Å². The van der Waals surface area contributed by atoms with E-state index in [1.807, 2.05) is 0 Å². The largest absolute Gasteiger partial charge is 0.481 e. The lowest BCUT2D eigenvalue weighted by atomic mass is 9.93. The highest BCUT2D eigenvalue weighted by Crippen LogP contribution is 2.30. The number of aliphatic carboxylic acids is 1. The van der Waals surface area contributed by atoms with Gasteiger partial charge >= 0.3 is 5.97 Å². The van der Waals surface area contributed by atoms with Crippen molar-refractivity contribution < 1.29 is 9.90 Å². The number of likely N-dealkylation sites (tertiary alicyclic amines) is 1. The smallest absolute Gasteiger partial charge is 0.312 e. The molecule has 1 aromatic heterocycles. The van der Waals surface area contributed by atoms with Crippen molar-refractivity contribution in [1.82, 2.24) is 14.5 Å². The third-order valence-electron chi connectivity index (χ3n) is 5.02. The zero-order chi connectivity index (χ0) is 14.8. The summed E-state index contributed by atoms with van der Waals surface area (Å²) in [7, 11) is 0. The Morgan fingerprint density at radius 3 is 2.95 bits per heavy atom. The number of nitrogens with zero attached hydrogens (tertiary/aromatic N) is 3. The standard InChI is InChI=1S/C16H25N3O2/c1-2-18-7-3-5-12(11-18)9-15-17-10-14-13(16(20)21)6-4-8-19(14)15/h10,12-13H,2-9,11H2,1H3,(H,20,21). The van der Waals surface area contributed by atoms with Gasteiger partial charge in [-0.2, -0.15) is 0 Å². The molecule has 1 fully saturated rings. The van der Waals surface area contributed by atoms with Crippen molar-refractivity contribution in [3.8, 4) is 0 Å². The summed E-state index contributed by atoms with van der Waals surface area (Å²) in [6.45, 7) is 6.64. The average Bonchev–Trinajstić information content (AvgIpc) is 2.90. The lowest BCUT2D eigenvalue weighted by Gasteiger charge is -2.32. The molecule has 0 radical (unpaired) electrons. The third-order valence-corrected chi connectivity index (χ3v) is 5.02. The predicted octanol–water partition coefficient (Wildman–Crippen LogP) is 2.12. The molecular weight excluding hydrogens is 266 g/mol. The topological polar surface area (TPSA) is 58.4 Å². The molecular formula is C16H25N3O2. The fourth-order valence-corrected chi connectivity index (χ4v) is 3.84. The van der Waals surface area contributed by atoms with E-state index in [2.05, 4.69) is 21.4 Å². The summed E-state index contributed by atoms with van der Waals surface area (Å²) in [5.74, 6) is 0.685. The first-order chi connectivity index (χ1) is 10.2. The van der Waals surface area contributed by atoms with E-state index in [0.717, 1.165) is 50.4 Å². The van der Waals surface area contributed by atoms with Crippen molar-refractivity contribution in [2.45, 2.75) is 51.5 Å². The van der Waals surface area contributed by atoms with E-state index < -0.39 is 5.97 Å². The highest BCUT2D eigenvalue weighted by molar-refractivity contribution is 5.75. The summed E-state index contributed by atoms with van der Waals surface area (Å²) in [6, 6.07) is 0. The van der Waals surface area contributed by atoms with E-state index in [-0.39, 0.29) is 5.92 Å². The first-order valence-corrected chi connectivity index (χ1v) is 8.18. The molecule has 1 N–H and O–H groups in total. The van der Waals surface area contributed by atoms with Gasteiger partial charge in [0.1, 0.15) is 5.82 Å². The summed E-state index contributed by atoms with van der Waals surface area (Å²) in [6.07, 6.45) is 7.01. The van der Waals surface area contributed by atoms with Crippen LogP contribution in [-0.2, 0) is 17.8 Å². The van der Waals surface area contributed by atoms with Gasteiger partial charge in [0.2, 0.25) is 0 Å². The van der Waals surface area contributed by atoms with Crippen molar-refractivity contribution in [3.63, 3.8) is 0 Å². The maximum Gasteiger partial charge on any atom is 0.312 e. The van der Waals surface area contributed by atoms with Crippen molar-refractivity contribution in [1.29, 1.82) is 0 Å². The number of fused-ring (bicyclic) bond motifs is 1. The number of hydrogen-bond donors (Lipinski definition) is 1. The number of rotatable bonds is 4. The minimum atomic E-state index is -0.711. The van der Waals surface area contributed by atoms with Gasteiger partial charge < -0.3 is 14.6 Å². The first-order valence-electron chi connectivity index (χ1n) is 8.18. The van der Waals surface area contributed by atoms with Gasteiger partial charge in [-0.05, 0) is 44.7 Å². The zero-order valence-electron chi connectivity index (χ0n) is 12.8. The van der Waals surface area contributed by atoms with E-state index in [1.165, 1.54) is 19.4 Å². The van der Waals surface area contributed by atoms with Crippen LogP contribution < -0.4 is 0 Å². The van der Waals surface area contributed by atoms with Crippen LogP contribution in [0.3, 0.4) is 0 Å². The minimum Gasteiger partial charge on any atom is -0.481 e. The Balaban J connectivity index is 1.74. The molecule has 5 heteroatoms. The molecule has 3 heterocycles. The van der Waals surface area contributed by atoms with Gasteiger partial charge in [0.25, 0.3) is 0 Å². The van der Waals surface area contributed by atoms with Crippen molar-refractivity contribution in [3.05, 3.63) is 17.7 Å². The maximum absolute atomic E-state index is 11.4. The molecule has 0 aliphatic carbocycles. The zero-order valence-corrected chi connectivity index (χ0v) is 12.8. The van der Waals surface area contributed by atoms with E-state index in [4.69, 9.17) is 0 Å². The Hall–Kier alpha value is -1.36. The number of carboxylic acid groups (broad SMARTS) is 1. The Kier molecular flexibility index (Phi) is 4.29. The van der Waals surface area contributed by atoms with Gasteiger partial charge in [-0.3, -0.25) is 4.79 Å². The number of aromatic nitrogens is 2. The summed E-state index contributed by atoms with van der Waals surface area (Å²) in [5, 5.41) is 9.33. The molecule has 3 rings (SSSR count). The Morgan fingerprint density at radius 2 is 2.19 bits per heavy atom. The normalized spacial score (nSPS) is 26.5. The summed E-state index contributed by atoms with van der Waals surface area (Å²) >= 11 is 0. The van der Waals surface area contributed by atoms with Gasteiger partial charge in [0.05, 0.1) is 11.6 Å². The van der Waals surface area contributed by atoms with Crippen LogP contribution >= 0.6 is 0 Å². The SMILES string of the molecule is CCN1CCCC(Cc2ncc3n2CCCC3C(=O)O)C1. The summed E-state index contributed by atoms with van der Waals surface area (Å²) in [4.78, 5) is 18.4. The Morgan fingerprint density at radius 1 is 1.38 bits per heavy atom. The summed E-state index contributed by atoms with van der Waals surface area (Å²) in [5.41, 5.74) is 0.909. The van der Waals surface area contributed by atoms with Crippen LogP contribution in [0.4, 0.5) is 0 Å². The molecule has 1 saturated heterocycles. The van der Waals surface area contributed by atoms with E-state index >= 15 is 0 Å². The number of hydrogen-bond acceptors (Lipinski definition) is 3. The molecule has 0 saturated carbocycles. The maximum atomic E-state index is 11.4. The minimum absolute atomic E-state index is 0.363. The Labute approximate surface area is 126 Å². The van der Waals surface area contributed by atoms with Crippen molar-refractivity contribution in [2.24, 2.45) is 5.92 Å². The fraction of sp³-hybridized carbons (Fsp3) is 0.750. The number of imidazole rings is 1. The van der Waals surface area contributed by atoms with Crippen LogP contribution in [0.1, 0.15) is 50.0 Å². The molecule has 2 aliphatic rings. The van der Waals surface area contributed by atoms with Crippen molar-refractivity contribution in [2.75, 3.05) is 19.6 Å². The second kappa shape index (κ2) is 6.18. The molecule has 21 heavy (non-hydrogen) atoms. The van der Waals surface area contributed by atoms with Gasteiger partial charge in [0.15, 0.2) is 0 Å². The highest BCUT2D eigenvalue weighted by Gasteiger charge is 2.29. The molecule has 0 bridgehead atoms. The lowest BCUT2D eigenvalue weighted by molar-refractivity contribution is -0.139. The van der Waals surface area contributed by atoms with Crippen LogP contribution in [0.15, 0.2) is 6.20 Å². The second-order valence-corrected chi connectivity index (χ2v) is 6.39. The molecule has 2 aliphatic heterocycles.